The molecule has 1 saturated heterocycles. The molecule has 5 heteroatoms. The van der Waals surface area contributed by atoms with Gasteiger partial charge in [-0.15, -0.1) is 0 Å². The molecule has 1 aliphatic rings. The molecule has 106 valence electrons. The Hall–Kier alpha value is -1.04. The molecule has 1 aromatic rings. The summed E-state index contributed by atoms with van der Waals surface area (Å²) in [7, 11) is 1.71. The van der Waals surface area contributed by atoms with Crippen LogP contribution in [0.1, 0.15) is 31.4 Å². The van der Waals surface area contributed by atoms with Gasteiger partial charge >= 0.3 is 0 Å². The predicted molar refractivity (Wildman–Crippen MR) is 70.4 cm³/mol. The Balaban J connectivity index is 2.32. The summed E-state index contributed by atoms with van der Waals surface area (Å²) in [6.07, 6.45) is 4.50. The monoisotopic (exact) mass is 268 g/mol. The Bertz CT molecular complexity index is 408. The fourth-order valence-corrected chi connectivity index (χ4v) is 2.73. The van der Waals surface area contributed by atoms with Crippen LogP contribution in [0.5, 0.6) is 0 Å². The van der Waals surface area contributed by atoms with Crippen LogP contribution in [0.4, 0.5) is 4.39 Å². The van der Waals surface area contributed by atoms with Gasteiger partial charge in [-0.25, -0.2) is 4.39 Å². The van der Waals surface area contributed by atoms with Gasteiger partial charge in [0.2, 0.25) is 0 Å². The molecule has 0 spiro atoms. The van der Waals surface area contributed by atoms with Gasteiger partial charge in [0.15, 0.2) is 0 Å². The van der Waals surface area contributed by atoms with E-state index in [1.807, 2.05) is 6.92 Å². The van der Waals surface area contributed by atoms with Crippen molar-refractivity contribution >= 4 is 0 Å². The predicted octanol–water partition coefficient (Wildman–Crippen LogP) is 2.07. The summed E-state index contributed by atoms with van der Waals surface area (Å²) in [5.41, 5.74) is 0.467. The highest BCUT2D eigenvalue weighted by Crippen LogP contribution is 2.37. The molecule has 0 aliphatic carbocycles. The maximum Gasteiger partial charge on any atom is 0.141 e. The van der Waals surface area contributed by atoms with Gasteiger partial charge in [-0.2, -0.15) is 0 Å². The molecule has 1 N–H and O–H groups in total. The molecule has 1 aromatic heterocycles. The van der Waals surface area contributed by atoms with Crippen LogP contribution >= 0.6 is 0 Å². The summed E-state index contributed by atoms with van der Waals surface area (Å²) in [4.78, 5) is 3.95. The standard InChI is InChI=1S/C14H21FN2O2/c1-3-17-13(11-8-12(15)10-16-9-11)14(18-2)4-6-19-7-5-14/h8-10,13,17H,3-7H2,1-2H3. The molecule has 1 fully saturated rings. The van der Waals surface area contributed by atoms with Crippen molar-refractivity contribution in [2.24, 2.45) is 0 Å². The number of ether oxygens (including phenoxy) is 2. The second-order valence-corrected chi connectivity index (χ2v) is 4.81. The summed E-state index contributed by atoms with van der Waals surface area (Å²) in [5.74, 6) is -0.321. The summed E-state index contributed by atoms with van der Waals surface area (Å²) >= 11 is 0. The third-order valence-corrected chi connectivity index (χ3v) is 3.74. The number of hydrogen-bond donors (Lipinski definition) is 1. The number of hydrogen-bond acceptors (Lipinski definition) is 4. The molecule has 0 amide bonds. The van der Waals surface area contributed by atoms with Crippen molar-refractivity contribution in [1.82, 2.24) is 10.3 Å². The first kappa shape index (κ1) is 14.4. The van der Waals surface area contributed by atoms with E-state index < -0.39 is 0 Å². The quantitative estimate of drug-likeness (QED) is 0.888. The number of pyridine rings is 1. The third-order valence-electron chi connectivity index (χ3n) is 3.74. The Kier molecular flexibility index (Phi) is 4.85. The maximum absolute atomic E-state index is 13.4. The Morgan fingerprint density at radius 2 is 2.21 bits per heavy atom. The van der Waals surface area contributed by atoms with Gasteiger partial charge < -0.3 is 14.8 Å². The number of halogens is 1. The first-order chi connectivity index (χ1) is 9.22. The highest BCUT2D eigenvalue weighted by atomic mass is 19.1. The van der Waals surface area contributed by atoms with Crippen molar-refractivity contribution in [3.63, 3.8) is 0 Å². The van der Waals surface area contributed by atoms with E-state index in [9.17, 15) is 4.39 Å². The Morgan fingerprint density at radius 3 is 2.79 bits per heavy atom. The first-order valence-electron chi connectivity index (χ1n) is 6.68. The van der Waals surface area contributed by atoms with Crippen molar-refractivity contribution < 1.29 is 13.9 Å². The Morgan fingerprint density at radius 1 is 1.47 bits per heavy atom. The summed E-state index contributed by atoms with van der Waals surface area (Å²) < 4.78 is 24.6. The molecule has 4 nitrogen and oxygen atoms in total. The van der Waals surface area contributed by atoms with E-state index in [4.69, 9.17) is 9.47 Å². The molecule has 2 rings (SSSR count). The zero-order chi connectivity index (χ0) is 13.7. The lowest BCUT2D eigenvalue weighted by Crippen LogP contribution is -2.49. The van der Waals surface area contributed by atoms with E-state index in [0.29, 0.717) is 13.2 Å². The van der Waals surface area contributed by atoms with E-state index in [1.165, 1.54) is 12.3 Å². The molecule has 2 heterocycles. The molecule has 1 atom stereocenters. The minimum Gasteiger partial charge on any atom is -0.381 e. The van der Waals surface area contributed by atoms with Crippen molar-refractivity contribution in [3.05, 3.63) is 29.8 Å². The van der Waals surface area contributed by atoms with Gasteiger partial charge in [-0.3, -0.25) is 4.98 Å². The lowest BCUT2D eigenvalue weighted by atomic mass is 9.82. The second kappa shape index (κ2) is 6.41. The number of rotatable bonds is 5. The van der Waals surface area contributed by atoms with Crippen LogP contribution in [0.3, 0.4) is 0 Å². The van der Waals surface area contributed by atoms with Crippen LogP contribution < -0.4 is 5.32 Å². The van der Waals surface area contributed by atoms with Gasteiger partial charge in [-0.1, -0.05) is 6.92 Å². The van der Waals surface area contributed by atoms with Crippen LogP contribution in [0, 0.1) is 5.82 Å². The van der Waals surface area contributed by atoms with Crippen LogP contribution in [0.25, 0.3) is 0 Å². The smallest absolute Gasteiger partial charge is 0.141 e. The number of nitrogens with zero attached hydrogens (tertiary/aromatic N) is 1. The maximum atomic E-state index is 13.4. The summed E-state index contributed by atoms with van der Waals surface area (Å²) in [5, 5.41) is 3.40. The molecule has 1 unspecified atom stereocenters. The fraction of sp³-hybridized carbons (Fsp3) is 0.643. The van der Waals surface area contributed by atoms with Crippen molar-refractivity contribution in [1.29, 1.82) is 0 Å². The largest absolute Gasteiger partial charge is 0.381 e. The van der Waals surface area contributed by atoms with Gasteiger partial charge in [0, 0.05) is 39.4 Å². The highest BCUT2D eigenvalue weighted by molar-refractivity contribution is 5.20. The minimum absolute atomic E-state index is 0.0744. The van der Waals surface area contributed by atoms with Gasteiger partial charge in [0.1, 0.15) is 5.82 Å². The van der Waals surface area contributed by atoms with Crippen LogP contribution in [-0.2, 0) is 9.47 Å². The highest BCUT2D eigenvalue weighted by Gasteiger charge is 2.41. The lowest BCUT2D eigenvalue weighted by Gasteiger charge is -2.42. The van der Waals surface area contributed by atoms with Gasteiger partial charge in [0.05, 0.1) is 17.8 Å². The zero-order valence-corrected chi connectivity index (χ0v) is 11.5. The normalized spacial score (nSPS) is 20.2. The lowest BCUT2D eigenvalue weighted by molar-refractivity contribution is -0.111. The van der Waals surface area contributed by atoms with Crippen LogP contribution in [-0.4, -0.2) is 37.5 Å². The van der Waals surface area contributed by atoms with E-state index >= 15 is 0 Å². The van der Waals surface area contributed by atoms with Crippen molar-refractivity contribution in [2.45, 2.75) is 31.4 Å². The molecule has 19 heavy (non-hydrogen) atoms. The number of likely N-dealkylation sites (N-methyl/N-ethyl adjacent to an activating group) is 1. The molecule has 0 bridgehead atoms. The zero-order valence-electron chi connectivity index (χ0n) is 11.5. The van der Waals surface area contributed by atoms with Gasteiger partial charge in [-0.05, 0) is 18.2 Å². The van der Waals surface area contributed by atoms with E-state index in [2.05, 4.69) is 10.3 Å². The second-order valence-electron chi connectivity index (χ2n) is 4.81. The first-order valence-corrected chi connectivity index (χ1v) is 6.68. The van der Waals surface area contributed by atoms with E-state index in [1.54, 1.807) is 13.3 Å². The minimum atomic E-state index is -0.357. The van der Waals surface area contributed by atoms with Crippen molar-refractivity contribution in [2.75, 3.05) is 26.9 Å². The topological polar surface area (TPSA) is 43.4 Å². The fourth-order valence-electron chi connectivity index (χ4n) is 2.73. The third kappa shape index (κ3) is 3.11. The number of nitrogens with one attached hydrogen (secondary N) is 1. The molecule has 1 aliphatic heterocycles. The average molecular weight is 268 g/mol. The molecule has 0 aromatic carbocycles. The molecule has 0 saturated carbocycles. The summed E-state index contributed by atoms with van der Waals surface area (Å²) in [6, 6.07) is 1.45. The summed E-state index contributed by atoms with van der Waals surface area (Å²) in [6.45, 7) is 4.15. The average Bonchev–Trinajstić information content (AvgIpc) is 2.45. The van der Waals surface area contributed by atoms with Crippen LogP contribution in [0.15, 0.2) is 18.5 Å². The number of methoxy groups -OCH3 is 1. The number of aromatic nitrogens is 1. The van der Waals surface area contributed by atoms with Crippen molar-refractivity contribution in [3.8, 4) is 0 Å². The molecular formula is C14H21FN2O2. The van der Waals surface area contributed by atoms with Crippen LogP contribution in [0.2, 0.25) is 0 Å². The Labute approximate surface area is 113 Å². The molecular weight excluding hydrogens is 247 g/mol. The van der Waals surface area contributed by atoms with Gasteiger partial charge in [0.25, 0.3) is 0 Å². The van der Waals surface area contributed by atoms with E-state index in [-0.39, 0.29) is 17.5 Å². The van der Waals surface area contributed by atoms with E-state index in [0.717, 1.165) is 24.9 Å². The SMILES string of the molecule is CCNC(c1cncc(F)c1)C1(OC)CCOCC1. The molecule has 0 radical (unpaired) electrons.